The third-order valence-electron chi connectivity index (χ3n) is 8.93. The van der Waals surface area contributed by atoms with Crippen molar-refractivity contribution in [2.75, 3.05) is 13.7 Å². The predicted octanol–water partition coefficient (Wildman–Crippen LogP) is 8.74. The number of pyridine rings is 1. The Morgan fingerprint density at radius 1 is 1.07 bits per heavy atom. The Hall–Kier alpha value is -3.17. The van der Waals surface area contributed by atoms with Gasteiger partial charge >= 0.3 is 12.6 Å². The van der Waals surface area contributed by atoms with Crippen LogP contribution in [0.5, 0.6) is 11.5 Å². The van der Waals surface area contributed by atoms with E-state index in [1.54, 1.807) is 12.4 Å². The molecule has 11 heteroatoms. The molecule has 7 rings (SSSR count). The molecule has 2 heterocycles. The number of nitrogens with zero attached hydrogens (tertiary/aromatic N) is 2. The number of esters is 1. The summed E-state index contributed by atoms with van der Waals surface area (Å²) < 4.78 is 46.9. The molecule has 2 aromatic heterocycles. The van der Waals surface area contributed by atoms with Crippen molar-refractivity contribution in [2.45, 2.75) is 63.9 Å². The molecule has 0 saturated heterocycles. The first-order valence-corrected chi connectivity index (χ1v) is 14.7. The summed E-state index contributed by atoms with van der Waals surface area (Å²) in [4.78, 5) is 16.1. The highest BCUT2D eigenvalue weighted by Crippen LogP contribution is 2.58. The van der Waals surface area contributed by atoms with Crippen molar-refractivity contribution in [2.24, 2.45) is 10.8 Å². The summed E-state index contributed by atoms with van der Waals surface area (Å²) in [5.41, 5.74) is 2.31. The molecule has 4 fully saturated rings. The van der Waals surface area contributed by atoms with Gasteiger partial charge in [-0.1, -0.05) is 40.5 Å². The quantitative estimate of drug-likeness (QED) is 0.210. The highest BCUT2D eigenvalue weighted by atomic mass is 35.5. The van der Waals surface area contributed by atoms with Gasteiger partial charge in [0, 0.05) is 40.9 Å². The minimum Gasteiger partial charge on any atom is -0.493 e. The van der Waals surface area contributed by atoms with Crippen LogP contribution in [0.3, 0.4) is 0 Å². The average molecular weight is 619 g/mol. The number of hydrogen-bond donors (Lipinski definition) is 0. The first kappa shape index (κ1) is 28.9. The standard InChI is InChI=1S/C31H30Cl2F2N2O5/c1-39-28(38)19-12-20(14-21(13-19)41-29(34)35)40-17-31-9-6-30(7-10-31,8-11-31)5-4-22-26(37-42-27(22)18-2-3-18)25-23(32)15-36-16-24(25)33/h4-5,12-16,18,29H,2-3,6-11,17H2,1H3/b5-4+. The van der Waals surface area contributed by atoms with Gasteiger partial charge in [-0.2, -0.15) is 8.78 Å². The third kappa shape index (κ3) is 5.86. The molecule has 1 aromatic carbocycles. The van der Waals surface area contributed by atoms with Crippen molar-refractivity contribution in [1.82, 2.24) is 10.1 Å². The van der Waals surface area contributed by atoms with Crippen molar-refractivity contribution in [3.8, 4) is 22.8 Å². The number of aromatic nitrogens is 2. The fourth-order valence-electron chi connectivity index (χ4n) is 6.25. The molecule has 0 N–H and O–H groups in total. The number of methoxy groups -OCH3 is 1. The van der Waals surface area contributed by atoms with E-state index in [0.717, 1.165) is 62.7 Å². The molecule has 7 nitrogen and oxygen atoms in total. The minimum absolute atomic E-state index is 0.0276. The maximum Gasteiger partial charge on any atom is 0.387 e. The fourth-order valence-corrected chi connectivity index (χ4v) is 6.79. The number of hydrogen-bond acceptors (Lipinski definition) is 7. The number of carbonyl (C=O) groups excluding carboxylic acids is 1. The van der Waals surface area contributed by atoms with E-state index in [-0.39, 0.29) is 22.1 Å². The monoisotopic (exact) mass is 618 g/mol. The SMILES string of the molecule is COC(=O)c1cc(OCC23CCC(/C=C/c4c(-c5c(Cl)cncc5Cl)noc4C4CC4)(CC2)CC3)cc(OC(F)F)c1. The maximum absolute atomic E-state index is 12.9. The molecule has 2 bridgehead atoms. The van der Waals surface area contributed by atoms with Gasteiger partial charge in [-0.05, 0) is 68.9 Å². The predicted molar refractivity (Wildman–Crippen MR) is 153 cm³/mol. The molecule has 0 atom stereocenters. The van der Waals surface area contributed by atoms with Gasteiger partial charge in [-0.15, -0.1) is 0 Å². The van der Waals surface area contributed by atoms with Crippen LogP contribution >= 0.6 is 23.2 Å². The summed E-state index contributed by atoms with van der Waals surface area (Å²) in [5.74, 6) is 0.727. The van der Waals surface area contributed by atoms with Crippen molar-refractivity contribution in [1.29, 1.82) is 0 Å². The van der Waals surface area contributed by atoms with Crippen LogP contribution in [0.4, 0.5) is 8.78 Å². The Labute approximate surface area is 252 Å². The van der Waals surface area contributed by atoms with Crippen LogP contribution in [0.1, 0.15) is 79.0 Å². The number of benzene rings is 1. The van der Waals surface area contributed by atoms with Crippen LogP contribution in [-0.4, -0.2) is 36.4 Å². The van der Waals surface area contributed by atoms with Gasteiger partial charge in [-0.25, -0.2) is 4.79 Å². The molecule has 222 valence electrons. The van der Waals surface area contributed by atoms with Crippen molar-refractivity contribution in [3.05, 3.63) is 63.6 Å². The zero-order chi connectivity index (χ0) is 29.5. The van der Waals surface area contributed by atoms with Crippen LogP contribution in [0.2, 0.25) is 10.0 Å². The summed E-state index contributed by atoms with van der Waals surface area (Å²) in [6.45, 7) is -2.60. The zero-order valence-electron chi connectivity index (χ0n) is 23.0. The molecule has 4 aliphatic rings. The number of alkyl halides is 2. The summed E-state index contributed by atoms with van der Waals surface area (Å²) >= 11 is 12.9. The Morgan fingerprint density at radius 2 is 1.74 bits per heavy atom. The van der Waals surface area contributed by atoms with Gasteiger partial charge in [-0.3, -0.25) is 4.98 Å². The second kappa shape index (κ2) is 11.5. The molecule has 4 aliphatic carbocycles. The molecule has 3 aromatic rings. The van der Waals surface area contributed by atoms with E-state index in [1.165, 1.54) is 25.3 Å². The highest BCUT2D eigenvalue weighted by Gasteiger charge is 2.48. The average Bonchev–Trinajstić information content (AvgIpc) is 3.75. The van der Waals surface area contributed by atoms with Gasteiger partial charge in [0.2, 0.25) is 0 Å². The van der Waals surface area contributed by atoms with Crippen LogP contribution in [0.25, 0.3) is 17.3 Å². The number of allylic oxidation sites excluding steroid dienone is 1. The lowest BCUT2D eigenvalue weighted by Gasteiger charge is -2.52. The van der Waals surface area contributed by atoms with Crippen molar-refractivity contribution < 1.29 is 32.3 Å². The number of fused-ring (bicyclic) bond motifs is 3. The van der Waals surface area contributed by atoms with Gasteiger partial charge in [0.1, 0.15) is 23.0 Å². The second-order valence-corrected chi connectivity index (χ2v) is 12.4. The molecule has 42 heavy (non-hydrogen) atoms. The van der Waals surface area contributed by atoms with Crippen LogP contribution < -0.4 is 9.47 Å². The van der Waals surface area contributed by atoms with E-state index in [2.05, 4.69) is 27.0 Å². The fraction of sp³-hybridized carbons (Fsp3) is 0.452. The van der Waals surface area contributed by atoms with Gasteiger partial charge < -0.3 is 18.7 Å². The largest absolute Gasteiger partial charge is 0.493 e. The summed E-state index contributed by atoms with van der Waals surface area (Å²) in [5, 5.41) is 5.23. The molecular formula is C31H30Cl2F2N2O5. The lowest BCUT2D eigenvalue weighted by Crippen LogP contribution is -2.43. The van der Waals surface area contributed by atoms with Gasteiger partial charge in [0.25, 0.3) is 0 Å². The first-order valence-electron chi connectivity index (χ1n) is 14.0. The first-order chi connectivity index (χ1) is 20.2. The Kier molecular flexibility index (Phi) is 7.91. The normalized spacial score (nSPS) is 23.5. The van der Waals surface area contributed by atoms with E-state index in [0.29, 0.717) is 39.6 Å². The number of carbonyl (C=O) groups is 1. The molecule has 0 aliphatic heterocycles. The number of halogens is 4. The lowest BCUT2D eigenvalue weighted by molar-refractivity contribution is -0.0502. The molecule has 0 spiro atoms. The second-order valence-electron chi connectivity index (χ2n) is 11.6. The van der Waals surface area contributed by atoms with Crippen LogP contribution in [-0.2, 0) is 4.74 Å². The van der Waals surface area contributed by atoms with Crippen molar-refractivity contribution >= 4 is 35.2 Å². The van der Waals surface area contributed by atoms with Gasteiger partial charge in [0.15, 0.2) is 0 Å². The van der Waals surface area contributed by atoms with E-state index in [1.807, 2.05) is 0 Å². The number of ether oxygens (including phenoxy) is 3. The van der Waals surface area contributed by atoms with Crippen molar-refractivity contribution in [3.63, 3.8) is 0 Å². The highest BCUT2D eigenvalue weighted by molar-refractivity contribution is 6.39. The topological polar surface area (TPSA) is 83.7 Å². The number of rotatable bonds is 10. The molecular weight excluding hydrogens is 589 g/mol. The molecule has 4 saturated carbocycles. The summed E-state index contributed by atoms with van der Waals surface area (Å²) in [6.07, 6.45) is 15.6. The van der Waals surface area contributed by atoms with Crippen LogP contribution in [0, 0.1) is 10.8 Å². The van der Waals surface area contributed by atoms with E-state index >= 15 is 0 Å². The molecule has 0 unspecified atom stereocenters. The van der Waals surface area contributed by atoms with Gasteiger partial charge in [0.05, 0.1) is 29.3 Å². The lowest BCUT2D eigenvalue weighted by atomic mass is 9.54. The van der Waals surface area contributed by atoms with E-state index in [4.69, 9.17) is 37.2 Å². The third-order valence-corrected chi connectivity index (χ3v) is 9.50. The maximum atomic E-state index is 12.9. The smallest absolute Gasteiger partial charge is 0.387 e. The Bertz CT molecular complexity index is 1480. The zero-order valence-corrected chi connectivity index (χ0v) is 24.5. The molecule has 0 radical (unpaired) electrons. The molecule has 0 amide bonds. The van der Waals surface area contributed by atoms with E-state index in [9.17, 15) is 13.6 Å². The van der Waals surface area contributed by atoms with E-state index < -0.39 is 12.6 Å². The minimum atomic E-state index is -3.02. The summed E-state index contributed by atoms with van der Waals surface area (Å²) in [7, 11) is 1.23. The Balaban J connectivity index is 1.17. The van der Waals surface area contributed by atoms with Crippen LogP contribution in [0.15, 0.2) is 41.2 Å². The Morgan fingerprint density at radius 3 is 2.36 bits per heavy atom. The summed E-state index contributed by atoms with van der Waals surface area (Å²) in [6, 6.07) is 4.09.